The molecule has 0 spiro atoms. The highest BCUT2D eigenvalue weighted by Gasteiger charge is 2.30. The van der Waals surface area contributed by atoms with Crippen molar-refractivity contribution < 1.29 is 17.9 Å². The molecule has 0 aliphatic heterocycles. The first-order valence-corrected chi connectivity index (χ1v) is 5.29. The van der Waals surface area contributed by atoms with Crippen LogP contribution in [0, 0.1) is 0 Å². The van der Waals surface area contributed by atoms with Gasteiger partial charge in [0, 0.05) is 18.7 Å². The van der Waals surface area contributed by atoms with E-state index in [1.807, 2.05) is 0 Å². The van der Waals surface area contributed by atoms with Crippen molar-refractivity contribution in [3.05, 3.63) is 35.5 Å². The van der Waals surface area contributed by atoms with Crippen molar-refractivity contribution in [2.45, 2.75) is 6.36 Å². The first kappa shape index (κ1) is 12.8. The Morgan fingerprint density at radius 2 is 1.83 bits per heavy atom. The summed E-state index contributed by atoms with van der Waals surface area (Å²) in [6.45, 7) is 0. The molecule has 2 aromatic rings. The smallest absolute Gasteiger partial charge is 0.406 e. The maximum absolute atomic E-state index is 12.0. The number of aromatic nitrogens is 2. The molecule has 2 rings (SSSR count). The van der Waals surface area contributed by atoms with Gasteiger partial charge in [-0.25, -0.2) is 0 Å². The number of hydrogen-bond acceptors (Lipinski definition) is 2. The molecule has 0 N–H and O–H groups in total. The van der Waals surface area contributed by atoms with Crippen LogP contribution in [0.4, 0.5) is 13.2 Å². The standard InChI is InChI=1S/C11H8ClF3N2O/c1-17-10(12)6-9(16-17)7-2-4-8(5-3-7)18-11(13,14)15/h2-6H,1H3. The van der Waals surface area contributed by atoms with Crippen LogP contribution in [-0.4, -0.2) is 16.1 Å². The molecular formula is C11H8ClF3N2O. The molecule has 0 radical (unpaired) electrons. The molecule has 0 fully saturated rings. The Labute approximate surface area is 106 Å². The molecule has 1 aromatic heterocycles. The van der Waals surface area contributed by atoms with Gasteiger partial charge in [0.2, 0.25) is 0 Å². The summed E-state index contributed by atoms with van der Waals surface area (Å²) in [5.41, 5.74) is 1.24. The molecule has 7 heteroatoms. The van der Waals surface area contributed by atoms with E-state index in [1.54, 1.807) is 13.1 Å². The predicted octanol–water partition coefficient (Wildman–Crippen LogP) is 3.64. The van der Waals surface area contributed by atoms with Crippen LogP contribution in [0.25, 0.3) is 11.3 Å². The summed E-state index contributed by atoms with van der Waals surface area (Å²) >= 11 is 5.82. The number of nitrogens with zero attached hydrogens (tertiary/aromatic N) is 2. The lowest BCUT2D eigenvalue weighted by molar-refractivity contribution is -0.274. The second kappa shape index (κ2) is 4.53. The molecule has 0 amide bonds. The molecule has 0 aliphatic rings. The lowest BCUT2D eigenvalue weighted by atomic mass is 10.1. The first-order chi connectivity index (χ1) is 8.35. The highest BCUT2D eigenvalue weighted by atomic mass is 35.5. The van der Waals surface area contributed by atoms with E-state index < -0.39 is 6.36 Å². The van der Waals surface area contributed by atoms with Crippen molar-refractivity contribution in [2.75, 3.05) is 0 Å². The van der Waals surface area contributed by atoms with Crippen LogP contribution in [0.5, 0.6) is 5.75 Å². The molecular weight excluding hydrogens is 269 g/mol. The normalized spacial score (nSPS) is 11.6. The van der Waals surface area contributed by atoms with Gasteiger partial charge in [-0.1, -0.05) is 11.6 Å². The summed E-state index contributed by atoms with van der Waals surface area (Å²) in [5.74, 6) is -0.270. The summed E-state index contributed by atoms with van der Waals surface area (Å²) in [7, 11) is 1.67. The molecule has 0 aliphatic carbocycles. The predicted molar refractivity (Wildman–Crippen MR) is 60.3 cm³/mol. The molecule has 1 aromatic carbocycles. The summed E-state index contributed by atoms with van der Waals surface area (Å²) in [6.07, 6.45) is -4.68. The second-order valence-corrected chi connectivity index (χ2v) is 3.94. The van der Waals surface area contributed by atoms with E-state index in [1.165, 1.54) is 28.9 Å². The fourth-order valence-electron chi connectivity index (χ4n) is 1.41. The minimum atomic E-state index is -4.68. The van der Waals surface area contributed by atoms with E-state index in [4.69, 9.17) is 11.6 Å². The van der Waals surface area contributed by atoms with Gasteiger partial charge in [-0.15, -0.1) is 13.2 Å². The van der Waals surface area contributed by atoms with Gasteiger partial charge in [0.25, 0.3) is 0 Å². The van der Waals surface area contributed by atoms with Gasteiger partial charge in [0.05, 0.1) is 5.69 Å². The molecule has 0 atom stereocenters. The van der Waals surface area contributed by atoms with E-state index in [0.717, 1.165) is 0 Å². The second-order valence-electron chi connectivity index (χ2n) is 3.55. The maximum Gasteiger partial charge on any atom is 0.573 e. The Bertz CT molecular complexity index is 529. The van der Waals surface area contributed by atoms with Gasteiger partial charge in [-0.05, 0) is 24.3 Å². The van der Waals surface area contributed by atoms with Crippen LogP contribution in [0.15, 0.2) is 30.3 Å². The number of benzene rings is 1. The quantitative estimate of drug-likeness (QED) is 0.837. The molecule has 0 unspecified atom stereocenters. The molecule has 0 saturated carbocycles. The van der Waals surface area contributed by atoms with Crippen molar-refractivity contribution in [3.63, 3.8) is 0 Å². The summed E-state index contributed by atoms with van der Waals surface area (Å²) < 4.78 is 41.1. The molecule has 96 valence electrons. The van der Waals surface area contributed by atoms with Crippen molar-refractivity contribution in [3.8, 4) is 17.0 Å². The minimum absolute atomic E-state index is 0.270. The minimum Gasteiger partial charge on any atom is -0.406 e. The number of halogens is 4. The Morgan fingerprint density at radius 3 is 2.28 bits per heavy atom. The van der Waals surface area contributed by atoms with E-state index in [0.29, 0.717) is 16.4 Å². The van der Waals surface area contributed by atoms with Crippen molar-refractivity contribution >= 4 is 11.6 Å². The molecule has 3 nitrogen and oxygen atoms in total. The van der Waals surface area contributed by atoms with Crippen LogP contribution in [0.3, 0.4) is 0 Å². The lowest BCUT2D eigenvalue weighted by Gasteiger charge is -2.08. The van der Waals surface area contributed by atoms with Crippen LogP contribution in [0.2, 0.25) is 5.15 Å². The Kier molecular flexibility index (Phi) is 3.21. The average molecular weight is 277 g/mol. The van der Waals surface area contributed by atoms with Crippen LogP contribution in [-0.2, 0) is 7.05 Å². The zero-order valence-corrected chi connectivity index (χ0v) is 9.96. The Balaban J connectivity index is 2.22. The Morgan fingerprint density at radius 1 is 1.22 bits per heavy atom. The van der Waals surface area contributed by atoms with E-state index in [2.05, 4.69) is 9.84 Å². The first-order valence-electron chi connectivity index (χ1n) is 4.91. The fourth-order valence-corrected chi connectivity index (χ4v) is 1.55. The van der Waals surface area contributed by atoms with Gasteiger partial charge in [-0.2, -0.15) is 5.10 Å². The number of rotatable bonds is 2. The van der Waals surface area contributed by atoms with Gasteiger partial charge in [-0.3, -0.25) is 4.68 Å². The molecule has 0 bridgehead atoms. The maximum atomic E-state index is 12.0. The van der Waals surface area contributed by atoms with Crippen LogP contribution >= 0.6 is 11.6 Å². The van der Waals surface area contributed by atoms with E-state index >= 15 is 0 Å². The van der Waals surface area contributed by atoms with Crippen molar-refractivity contribution in [1.29, 1.82) is 0 Å². The fraction of sp³-hybridized carbons (Fsp3) is 0.182. The number of hydrogen-bond donors (Lipinski definition) is 0. The zero-order valence-electron chi connectivity index (χ0n) is 9.20. The lowest BCUT2D eigenvalue weighted by Crippen LogP contribution is -2.16. The topological polar surface area (TPSA) is 27.1 Å². The van der Waals surface area contributed by atoms with Crippen LogP contribution < -0.4 is 4.74 Å². The summed E-state index contributed by atoms with van der Waals surface area (Å²) in [4.78, 5) is 0. The van der Waals surface area contributed by atoms with E-state index in [-0.39, 0.29) is 5.75 Å². The Hall–Kier alpha value is -1.69. The number of ether oxygens (including phenoxy) is 1. The van der Waals surface area contributed by atoms with Crippen molar-refractivity contribution in [2.24, 2.45) is 7.05 Å². The highest BCUT2D eigenvalue weighted by Crippen LogP contribution is 2.26. The monoisotopic (exact) mass is 276 g/mol. The number of alkyl halides is 3. The number of aryl methyl sites for hydroxylation is 1. The third-order valence-corrected chi connectivity index (χ3v) is 2.56. The highest BCUT2D eigenvalue weighted by molar-refractivity contribution is 6.29. The van der Waals surface area contributed by atoms with Gasteiger partial charge in [0.15, 0.2) is 0 Å². The summed E-state index contributed by atoms with van der Waals surface area (Å²) in [6, 6.07) is 7.05. The molecule has 18 heavy (non-hydrogen) atoms. The van der Waals surface area contributed by atoms with Gasteiger partial charge in [0.1, 0.15) is 10.9 Å². The third-order valence-electron chi connectivity index (χ3n) is 2.21. The SMILES string of the molecule is Cn1nc(-c2ccc(OC(F)(F)F)cc2)cc1Cl. The van der Waals surface area contributed by atoms with Gasteiger partial charge >= 0.3 is 6.36 Å². The van der Waals surface area contributed by atoms with Crippen LogP contribution in [0.1, 0.15) is 0 Å². The zero-order chi connectivity index (χ0) is 13.3. The third kappa shape index (κ3) is 2.95. The largest absolute Gasteiger partial charge is 0.573 e. The van der Waals surface area contributed by atoms with Crippen molar-refractivity contribution in [1.82, 2.24) is 9.78 Å². The molecule has 0 saturated heterocycles. The molecule has 1 heterocycles. The van der Waals surface area contributed by atoms with Gasteiger partial charge < -0.3 is 4.74 Å². The summed E-state index contributed by atoms with van der Waals surface area (Å²) in [5, 5.41) is 4.55. The average Bonchev–Trinajstić information content (AvgIpc) is 2.58. The van der Waals surface area contributed by atoms with E-state index in [9.17, 15) is 13.2 Å².